The normalized spacial score (nSPS) is 11.2. The van der Waals surface area contributed by atoms with E-state index in [-0.39, 0.29) is 0 Å². The molecule has 0 saturated carbocycles. The Balaban J connectivity index is 1.82. The van der Waals surface area contributed by atoms with Crippen molar-refractivity contribution in [3.63, 3.8) is 0 Å². The van der Waals surface area contributed by atoms with E-state index in [1.807, 2.05) is 67.2 Å². The monoisotopic (exact) mass is 290 g/mol. The summed E-state index contributed by atoms with van der Waals surface area (Å²) >= 11 is 0. The molecule has 0 radical (unpaired) electrons. The van der Waals surface area contributed by atoms with Gasteiger partial charge >= 0.3 is 0 Å². The molecule has 0 unspecified atom stereocenters. The highest BCUT2D eigenvalue weighted by molar-refractivity contribution is 5.91. The summed E-state index contributed by atoms with van der Waals surface area (Å²) in [6.45, 7) is 2.04. The van der Waals surface area contributed by atoms with Gasteiger partial charge in [-0.05, 0) is 25.1 Å². The minimum absolute atomic E-state index is 0.437. The van der Waals surface area contributed by atoms with Crippen LogP contribution in [0.5, 0.6) is 0 Å². The van der Waals surface area contributed by atoms with Crippen LogP contribution in [0.1, 0.15) is 5.56 Å². The van der Waals surface area contributed by atoms with Crippen molar-refractivity contribution < 1.29 is 4.42 Å². The average Bonchev–Trinajstić information content (AvgIpc) is 3.14. The number of hydrogen-bond acceptors (Lipinski definition) is 4. The third-order valence-corrected chi connectivity index (χ3v) is 3.68. The van der Waals surface area contributed by atoms with Gasteiger partial charge in [-0.2, -0.15) is 5.10 Å². The Kier molecular flexibility index (Phi) is 2.79. The van der Waals surface area contributed by atoms with E-state index < -0.39 is 0 Å². The largest absolute Gasteiger partial charge is 0.415 e. The van der Waals surface area contributed by atoms with Gasteiger partial charge in [0.1, 0.15) is 0 Å². The lowest BCUT2D eigenvalue weighted by Crippen LogP contribution is -1.89. The molecule has 0 fully saturated rings. The van der Waals surface area contributed by atoms with Gasteiger partial charge < -0.3 is 4.42 Å². The Bertz CT molecular complexity index is 950. The Morgan fingerprint density at radius 3 is 2.45 bits per heavy atom. The summed E-state index contributed by atoms with van der Waals surface area (Å²) in [6, 6.07) is 16.0. The summed E-state index contributed by atoms with van der Waals surface area (Å²) in [6.07, 6.45) is 0. The zero-order valence-electron chi connectivity index (χ0n) is 12.3. The fraction of sp³-hybridized carbons (Fsp3) is 0.118. The van der Waals surface area contributed by atoms with E-state index in [4.69, 9.17) is 4.42 Å². The second-order valence-corrected chi connectivity index (χ2v) is 5.27. The van der Waals surface area contributed by atoms with E-state index in [1.54, 1.807) is 0 Å². The van der Waals surface area contributed by atoms with E-state index >= 15 is 0 Å². The van der Waals surface area contributed by atoms with Gasteiger partial charge in [-0.25, -0.2) is 0 Å². The van der Waals surface area contributed by atoms with Crippen molar-refractivity contribution >= 4 is 10.9 Å². The molecule has 2 aromatic carbocycles. The molecule has 0 saturated heterocycles. The molecule has 0 spiro atoms. The first-order chi connectivity index (χ1) is 10.7. The highest BCUT2D eigenvalue weighted by atomic mass is 16.4. The van der Waals surface area contributed by atoms with Gasteiger partial charge in [0.2, 0.25) is 5.89 Å². The minimum atomic E-state index is 0.437. The van der Waals surface area contributed by atoms with E-state index in [1.165, 1.54) is 5.56 Å². The van der Waals surface area contributed by atoms with Crippen LogP contribution in [0.2, 0.25) is 0 Å². The molecule has 2 aromatic heterocycles. The van der Waals surface area contributed by atoms with Crippen LogP contribution in [0.25, 0.3) is 33.9 Å². The van der Waals surface area contributed by atoms with E-state index in [0.29, 0.717) is 17.5 Å². The van der Waals surface area contributed by atoms with E-state index in [0.717, 1.165) is 16.5 Å². The van der Waals surface area contributed by atoms with Crippen molar-refractivity contribution in [2.75, 3.05) is 0 Å². The van der Waals surface area contributed by atoms with Crippen LogP contribution in [-0.2, 0) is 7.05 Å². The SMILES string of the molecule is Cc1ccc(-c2nnc(-c3nn(C)c4ccccc34)o2)cc1. The summed E-state index contributed by atoms with van der Waals surface area (Å²) in [5.41, 5.74) is 3.85. The van der Waals surface area contributed by atoms with Gasteiger partial charge in [-0.1, -0.05) is 35.9 Å². The topological polar surface area (TPSA) is 56.7 Å². The van der Waals surface area contributed by atoms with Crippen molar-refractivity contribution in [1.29, 1.82) is 0 Å². The van der Waals surface area contributed by atoms with Crippen molar-refractivity contribution in [3.05, 3.63) is 54.1 Å². The Morgan fingerprint density at radius 2 is 1.64 bits per heavy atom. The lowest BCUT2D eigenvalue weighted by molar-refractivity contribution is 0.580. The van der Waals surface area contributed by atoms with Crippen LogP contribution in [0.15, 0.2) is 52.9 Å². The quantitative estimate of drug-likeness (QED) is 0.566. The molecule has 0 aliphatic rings. The highest BCUT2D eigenvalue weighted by Crippen LogP contribution is 2.28. The molecule has 5 heteroatoms. The van der Waals surface area contributed by atoms with Crippen molar-refractivity contribution in [2.24, 2.45) is 7.05 Å². The predicted octanol–water partition coefficient (Wildman–Crippen LogP) is 3.60. The fourth-order valence-corrected chi connectivity index (χ4v) is 2.50. The molecule has 2 heterocycles. The molecule has 0 atom stereocenters. The van der Waals surface area contributed by atoms with E-state index in [9.17, 15) is 0 Å². The third kappa shape index (κ3) is 1.98. The van der Waals surface area contributed by atoms with Gasteiger partial charge in [0.15, 0.2) is 5.69 Å². The predicted molar refractivity (Wildman–Crippen MR) is 84.2 cm³/mol. The smallest absolute Gasteiger partial charge is 0.269 e. The molecule has 0 aliphatic carbocycles. The van der Waals surface area contributed by atoms with Crippen LogP contribution >= 0.6 is 0 Å². The maximum absolute atomic E-state index is 5.82. The van der Waals surface area contributed by atoms with Crippen LogP contribution < -0.4 is 0 Å². The maximum atomic E-state index is 5.82. The second-order valence-electron chi connectivity index (χ2n) is 5.27. The Morgan fingerprint density at radius 1 is 0.909 bits per heavy atom. The molecular weight excluding hydrogens is 276 g/mol. The standard InChI is InChI=1S/C17H14N4O/c1-11-7-9-12(10-8-11)16-18-19-17(22-16)15-13-5-3-4-6-14(13)21(2)20-15/h3-10H,1-2H3. The summed E-state index contributed by atoms with van der Waals surface area (Å²) in [7, 11) is 1.91. The van der Waals surface area contributed by atoms with Gasteiger partial charge in [-0.3, -0.25) is 4.68 Å². The summed E-state index contributed by atoms with van der Waals surface area (Å²) < 4.78 is 7.64. The molecule has 0 amide bonds. The van der Waals surface area contributed by atoms with Gasteiger partial charge in [0, 0.05) is 18.0 Å². The average molecular weight is 290 g/mol. The first-order valence-corrected chi connectivity index (χ1v) is 7.05. The molecule has 0 aliphatic heterocycles. The molecule has 4 aromatic rings. The first-order valence-electron chi connectivity index (χ1n) is 7.05. The number of aryl methyl sites for hydroxylation is 2. The number of rotatable bonds is 2. The minimum Gasteiger partial charge on any atom is -0.415 e. The Labute approximate surface area is 127 Å². The number of hydrogen-bond donors (Lipinski definition) is 0. The summed E-state index contributed by atoms with van der Waals surface area (Å²) in [5, 5.41) is 13.8. The second kappa shape index (κ2) is 4.80. The lowest BCUT2D eigenvalue weighted by atomic mass is 10.1. The van der Waals surface area contributed by atoms with Crippen molar-refractivity contribution in [3.8, 4) is 23.0 Å². The number of aromatic nitrogens is 4. The zero-order valence-corrected chi connectivity index (χ0v) is 12.3. The number of para-hydroxylation sites is 1. The number of fused-ring (bicyclic) bond motifs is 1. The molecular formula is C17H14N4O. The number of nitrogens with zero attached hydrogens (tertiary/aromatic N) is 4. The lowest BCUT2D eigenvalue weighted by Gasteiger charge is -1.95. The van der Waals surface area contributed by atoms with Crippen LogP contribution in [-0.4, -0.2) is 20.0 Å². The fourth-order valence-electron chi connectivity index (χ4n) is 2.50. The molecule has 0 bridgehead atoms. The molecule has 4 rings (SSSR count). The van der Waals surface area contributed by atoms with E-state index in [2.05, 4.69) is 15.3 Å². The van der Waals surface area contributed by atoms with Gasteiger partial charge in [0.05, 0.1) is 5.52 Å². The van der Waals surface area contributed by atoms with Crippen LogP contribution in [0, 0.1) is 6.92 Å². The zero-order chi connectivity index (χ0) is 15.1. The van der Waals surface area contributed by atoms with Crippen LogP contribution in [0.4, 0.5) is 0 Å². The maximum Gasteiger partial charge on any atom is 0.269 e. The van der Waals surface area contributed by atoms with Crippen LogP contribution in [0.3, 0.4) is 0 Å². The third-order valence-electron chi connectivity index (χ3n) is 3.68. The molecule has 22 heavy (non-hydrogen) atoms. The number of benzene rings is 2. The molecule has 0 N–H and O–H groups in total. The summed E-state index contributed by atoms with van der Waals surface area (Å²) in [4.78, 5) is 0. The van der Waals surface area contributed by atoms with Gasteiger partial charge in [-0.15, -0.1) is 10.2 Å². The van der Waals surface area contributed by atoms with Crippen molar-refractivity contribution in [1.82, 2.24) is 20.0 Å². The Hall–Kier alpha value is -2.95. The van der Waals surface area contributed by atoms with Crippen molar-refractivity contribution in [2.45, 2.75) is 6.92 Å². The molecule has 108 valence electrons. The first kappa shape index (κ1) is 12.8. The highest BCUT2D eigenvalue weighted by Gasteiger charge is 2.17. The molecule has 5 nitrogen and oxygen atoms in total. The summed E-state index contributed by atoms with van der Waals surface area (Å²) in [5.74, 6) is 0.942. The van der Waals surface area contributed by atoms with Gasteiger partial charge in [0.25, 0.3) is 5.89 Å².